The molecule has 3 aromatic rings. The van der Waals surface area contributed by atoms with E-state index in [2.05, 4.69) is 4.98 Å². The number of carbonyl (C=O) groups excluding carboxylic acids is 1. The number of fused-ring (bicyclic) bond motifs is 1. The summed E-state index contributed by atoms with van der Waals surface area (Å²) in [6.45, 7) is 4.22. The fraction of sp³-hybridized carbons (Fsp3) is 0.333. The molecule has 1 saturated carbocycles. The second kappa shape index (κ2) is 6.01. The summed E-state index contributed by atoms with van der Waals surface area (Å²) in [6, 6.07) is 5.88. The smallest absolute Gasteiger partial charge is 0.350 e. The van der Waals surface area contributed by atoms with Crippen LogP contribution in [-0.2, 0) is 4.74 Å². The van der Waals surface area contributed by atoms with Crippen LogP contribution in [0.3, 0.4) is 0 Å². The highest BCUT2D eigenvalue weighted by Crippen LogP contribution is 2.53. The third kappa shape index (κ3) is 3.05. The predicted molar refractivity (Wildman–Crippen MR) is 101 cm³/mol. The molecule has 0 aromatic carbocycles. The molecule has 0 aliphatic heterocycles. The molecule has 0 N–H and O–H groups in total. The van der Waals surface area contributed by atoms with Crippen LogP contribution in [0.15, 0.2) is 30.6 Å². The van der Waals surface area contributed by atoms with Gasteiger partial charge >= 0.3 is 5.97 Å². The van der Waals surface area contributed by atoms with E-state index in [-0.39, 0.29) is 18.5 Å². The Hall–Kier alpha value is -1.56. The largest absolute Gasteiger partial charge is 0.461 e. The van der Waals surface area contributed by atoms with Crippen LogP contribution in [0.25, 0.3) is 15.9 Å². The van der Waals surface area contributed by atoms with Crippen LogP contribution < -0.4 is 0 Å². The number of hydrogen-bond acceptors (Lipinski definition) is 4. The molecular formula is C18H16Cl2N2O2S. The number of alkyl halides is 2. The van der Waals surface area contributed by atoms with Gasteiger partial charge in [-0.1, -0.05) is 0 Å². The normalized spacial score (nSPS) is 18.5. The van der Waals surface area contributed by atoms with Crippen molar-refractivity contribution in [3.63, 3.8) is 0 Å². The standard InChI is InChI=1S/C18H16Cl2N2O2S/c1-10-7-11(2)21-16-13(10)14(22-5-3-4-6-22)15(25-16)17(23)24-9-12-8-18(12,19)20/h3-7,12H,8-9H2,1-2H3. The van der Waals surface area contributed by atoms with Crippen LogP contribution in [0.4, 0.5) is 0 Å². The summed E-state index contributed by atoms with van der Waals surface area (Å²) < 4.78 is 6.67. The van der Waals surface area contributed by atoms with Gasteiger partial charge in [0.15, 0.2) is 0 Å². The highest BCUT2D eigenvalue weighted by Gasteiger charge is 2.52. The van der Waals surface area contributed by atoms with E-state index in [0.29, 0.717) is 11.3 Å². The maximum absolute atomic E-state index is 12.7. The topological polar surface area (TPSA) is 44.1 Å². The molecule has 4 rings (SSSR count). The zero-order valence-corrected chi connectivity index (χ0v) is 16.1. The van der Waals surface area contributed by atoms with Gasteiger partial charge in [-0.15, -0.1) is 34.5 Å². The first-order chi connectivity index (χ1) is 11.9. The number of rotatable bonds is 4. The van der Waals surface area contributed by atoms with Crippen LogP contribution in [0.1, 0.15) is 27.3 Å². The second-order valence-electron chi connectivity index (χ2n) is 6.39. The lowest BCUT2D eigenvalue weighted by molar-refractivity contribution is 0.0491. The molecule has 1 atom stereocenters. The van der Waals surface area contributed by atoms with Gasteiger partial charge in [-0.2, -0.15) is 0 Å². The lowest BCUT2D eigenvalue weighted by atomic mass is 10.1. The molecular weight excluding hydrogens is 379 g/mol. The number of carbonyl (C=O) groups is 1. The zero-order valence-electron chi connectivity index (χ0n) is 13.8. The van der Waals surface area contributed by atoms with Crippen LogP contribution in [-0.4, -0.2) is 26.5 Å². The van der Waals surface area contributed by atoms with Gasteiger partial charge in [0, 0.05) is 29.4 Å². The molecule has 7 heteroatoms. The lowest BCUT2D eigenvalue weighted by Gasteiger charge is -2.08. The highest BCUT2D eigenvalue weighted by molar-refractivity contribution is 7.21. The minimum absolute atomic E-state index is 0.00583. The van der Waals surface area contributed by atoms with Gasteiger partial charge in [-0.25, -0.2) is 9.78 Å². The molecule has 0 radical (unpaired) electrons. The van der Waals surface area contributed by atoms with E-state index in [9.17, 15) is 4.79 Å². The first-order valence-electron chi connectivity index (χ1n) is 7.96. The van der Waals surface area contributed by atoms with E-state index in [0.717, 1.165) is 27.2 Å². The quantitative estimate of drug-likeness (QED) is 0.459. The van der Waals surface area contributed by atoms with Gasteiger partial charge in [-0.3, -0.25) is 0 Å². The summed E-state index contributed by atoms with van der Waals surface area (Å²) in [5.41, 5.74) is 2.83. The molecule has 1 fully saturated rings. The van der Waals surface area contributed by atoms with E-state index < -0.39 is 4.33 Å². The maximum atomic E-state index is 12.7. The molecule has 0 spiro atoms. The van der Waals surface area contributed by atoms with Crippen LogP contribution in [0, 0.1) is 19.8 Å². The Morgan fingerprint density at radius 1 is 1.40 bits per heavy atom. The summed E-state index contributed by atoms with van der Waals surface area (Å²) in [6.07, 6.45) is 4.49. The van der Waals surface area contributed by atoms with Gasteiger partial charge < -0.3 is 9.30 Å². The second-order valence-corrected chi connectivity index (χ2v) is 8.93. The Kier molecular flexibility index (Phi) is 4.06. The summed E-state index contributed by atoms with van der Waals surface area (Å²) >= 11 is 13.4. The molecule has 1 aliphatic rings. The summed E-state index contributed by atoms with van der Waals surface area (Å²) in [4.78, 5) is 18.7. The SMILES string of the molecule is Cc1cc(C)c2c(-n3cccc3)c(C(=O)OCC3CC3(Cl)Cl)sc2n1. The Morgan fingerprint density at radius 2 is 2.08 bits per heavy atom. The molecule has 0 bridgehead atoms. The molecule has 1 aliphatic carbocycles. The van der Waals surface area contributed by atoms with Gasteiger partial charge in [0.25, 0.3) is 0 Å². The summed E-state index contributed by atoms with van der Waals surface area (Å²) in [7, 11) is 0. The zero-order chi connectivity index (χ0) is 17.8. The third-order valence-corrected chi connectivity index (χ3v) is 6.36. The first-order valence-corrected chi connectivity index (χ1v) is 9.53. The number of nitrogens with zero attached hydrogens (tertiary/aromatic N) is 2. The van der Waals surface area contributed by atoms with Crippen molar-refractivity contribution in [1.82, 2.24) is 9.55 Å². The van der Waals surface area contributed by atoms with Gasteiger partial charge in [0.1, 0.15) is 14.0 Å². The molecule has 0 saturated heterocycles. The van der Waals surface area contributed by atoms with Crippen molar-refractivity contribution in [3.8, 4) is 5.69 Å². The van der Waals surface area contributed by atoms with Crippen molar-refractivity contribution in [3.05, 3.63) is 46.7 Å². The monoisotopic (exact) mass is 394 g/mol. The number of ether oxygens (including phenoxy) is 1. The third-order valence-electron chi connectivity index (χ3n) is 4.38. The number of thiophene rings is 1. The molecule has 0 amide bonds. The molecule has 4 nitrogen and oxygen atoms in total. The number of hydrogen-bond donors (Lipinski definition) is 0. The van der Waals surface area contributed by atoms with Crippen molar-refractivity contribution in [2.45, 2.75) is 24.6 Å². The molecule has 1 unspecified atom stereocenters. The van der Waals surface area contributed by atoms with E-state index in [1.807, 2.05) is 49.0 Å². The Balaban J connectivity index is 1.76. The number of aryl methyl sites for hydroxylation is 2. The highest BCUT2D eigenvalue weighted by atomic mass is 35.5. The van der Waals surface area contributed by atoms with Crippen molar-refractivity contribution >= 4 is 50.7 Å². The van der Waals surface area contributed by atoms with E-state index in [1.54, 1.807) is 0 Å². The summed E-state index contributed by atoms with van der Waals surface area (Å²) in [5, 5.41) is 0.981. The minimum atomic E-state index is -0.751. The van der Waals surface area contributed by atoms with Crippen LogP contribution in [0.2, 0.25) is 0 Å². The molecule has 25 heavy (non-hydrogen) atoms. The van der Waals surface area contributed by atoms with Crippen molar-refractivity contribution in [1.29, 1.82) is 0 Å². The average molecular weight is 395 g/mol. The summed E-state index contributed by atoms with van der Waals surface area (Å²) in [5.74, 6) is -0.355. The Morgan fingerprint density at radius 3 is 2.72 bits per heavy atom. The van der Waals surface area contributed by atoms with Crippen LogP contribution in [0.5, 0.6) is 0 Å². The lowest BCUT2D eigenvalue weighted by Crippen LogP contribution is -2.10. The fourth-order valence-corrected chi connectivity index (χ4v) is 4.67. The van der Waals surface area contributed by atoms with Gasteiger partial charge in [-0.05, 0) is 44.0 Å². The number of esters is 1. The van der Waals surface area contributed by atoms with Gasteiger partial charge in [0.05, 0.1) is 12.3 Å². The fourth-order valence-electron chi connectivity index (χ4n) is 2.98. The first kappa shape index (κ1) is 16.9. The molecule has 3 heterocycles. The molecule has 3 aromatic heterocycles. The Labute approximate surface area is 159 Å². The number of pyridine rings is 1. The maximum Gasteiger partial charge on any atom is 0.350 e. The molecule has 130 valence electrons. The van der Waals surface area contributed by atoms with Crippen molar-refractivity contribution < 1.29 is 9.53 Å². The number of halogens is 2. The minimum Gasteiger partial charge on any atom is -0.461 e. The van der Waals surface area contributed by atoms with E-state index in [1.165, 1.54) is 11.3 Å². The van der Waals surface area contributed by atoms with Crippen LogP contribution >= 0.6 is 34.5 Å². The van der Waals surface area contributed by atoms with Gasteiger partial charge in [0.2, 0.25) is 0 Å². The van der Waals surface area contributed by atoms with E-state index in [4.69, 9.17) is 27.9 Å². The van der Waals surface area contributed by atoms with E-state index >= 15 is 0 Å². The average Bonchev–Trinajstić information content (AvgIpc) is 2.96. The Bertz CT molecular complexity index is 963. The number of aromatic nitrogens is 2. The predicted octanol–water partition coefficient (Wildman–Crippen LogP) is 5.05. The van der Waals surface area contributed by atoms with Crippen molar-refractivity contribution in [2.24, 2.45) is 5.92 Å². The van der Waals surface area contributed by atoms with Crippen molar-refractivity contribution in [2.75, 3.05) is 6.61 Å².